The van der Waals surface area contributed by atoms with Gasteiger partial charge in [0.05, 0.1) is 19.1 Å². The van der Waals surface area contributed by atoms with Crippen LogP contribution < -0.4 is 15.4 Å². The van der Waals surface area contributed by atoms with Gasteiger partial charge >= 0.3 is 7.12 Å². The van der Waals surface area contributed by atoms with Crippen molar-refractivity contribution in [2.75, 3.05) is 13.7 Å². The Morgan fingerprint density at radius 2 is 1.94 bits per heavy atom. The van der Waals surface area contributed by atoms with Crippen molar-refractivity contribution in [2.45, 2.75) is 18.8 Å². The van der Waals surface area contributed by atoms with Gasteiger partial charge in [-0.05, 0) is 29.3 Å². The van der Waals surface area contributed by atoms with Crippen LogP contribution in [0.1, 0.15) is 23.6 Å². The lowest BCUT2D eigenvalue weighted by molar-refractivity contribution is -0.122. The largest absolute Gasteiger partial charge is 0.493 e. The summed E-state index contributed by atoms with van der Waals surface area (Å²) in [4.78, 5) is 23.9. The number of benzene rings is 2. The molecule has 0 aliphatic carbocycles. The standard InChI is InChI=1S/C22H24BN3O5/c1-25-22(28)18(15-24)12-16-6-5-9-19(13-16)31-11-10-21(27)26-20(14-23(29)30)17-7-3-2-4-8-17/h2-9,12-13,20,29-30H,10-11,14H2,1H3,(H,25,28)(H,26,27)/t20-/m0/s1. The van der Waals surface area contributed by atoms with E-state index >= 15 is 0 Å². The van der Waals surface area contributed by atoms with E-state index in [2.05, 4.69) is 10.6 Å². The zero-order chi connectivity index (χ0) is 22.6. The normalized spacial score (nSPS) is 11.7. The number of amides is 2. The summed E-state index contributed by atoms with van der Waals surface area (Å²) in [6, 6.07) is 17.2. The Kier molecular flexibility index (Phi) is 9.30. The van der Waals surface area contributed by atoms with Gasteiger partial charge in [-0.25, -0.2) is 0 Å². The molecular formula is C22H24BN3O5. The van der Waals surface area contributed by atoms with Crippen LogP contribution in [-0.4, -0.2) is 42.6 Å². The van der Waals surface area contributed by atoms with Gasteiger partial charge in [0.1, 0.15) is 17.4 Å². The summed E-state index contributed by atoms with van der Waals surface area (Å²) in [5, 5.41) is 32.9. The minimum absolute atomic E-state index is 0.0302. The van der Waals surface area contributed by atoms with Crippen molar-refractivity contribution in [3.05, 3.63) is 71.3 Å². The number of hydrogen-bond donors (Lipinski definition) is 4. The number of carbonyl (C=O) groups excluding carboxylic acids is 2. The van der Waals surface area contributed by atoms with Crippen molar-refractivity contribution < 1.29 is 24.4 Å². The summed E-state index contributed by atoms with van der Waals surface area (Å²) in [7, 11) is -0.104. The Morgan fingerprint density at radius 3 is 2.58 bits per heavy atom. The van der Waals surface area contributed by atoms with Gasteiger partial charge in [0.15, 0.2) is 0 Å². The fraction of sp³-hybridized carbons (Fsp3) is 0.227. The number of carbonyl (C=O) groups is 2. The average Bonchev–Trinajstić information content (AvgIpc) is 2.77. The van der Waals surface area contributed by atoms with E-state index in [0.717, 1.165) is 5.56 Å². The number of nitrogens with zero attached hydrogens (tertiary/aromatic N) is 1. The molecule has 0 saturated heterocycles. The number of hydrogen-bond acceptors (Lipinski definition) is 6. The monoisotopic (exact) mass is 421 g/mol. The minimum atomic E-state index is -1.55. The van der Waals surface area contributed by atoms with Crippen LogP contribution in [-0.2, 0) is 9.59 Å². The molecule has 9 heteroatoms. The molecule has 0 saturated carbocycles. The molecule has 0 heterocycles. The van der Waals surface area contributed by atoms with Crippen molar-refractivity contribution in [3.8, 4) is 11.8 Å². The predicted molar refractivity (Wildman–Crippen MR) is 117 cm³/mol. The van der Waals surface area contributed by atoms with E-state index < -0.39 is 19.1 Å². The third-order valence-corrected chi connectivity index (χ3v) is 4.34. The summed E-state index contributed by atoms with van der Waals surface area (Å²) in [5.74, 6) is -0.287. The lowest BCUT2D eigenvalue weighted by Crippen LogP contribution is -2.32. The number of likely N-dealkylation sites (N-methyl/N-ethyl adjacent to an activating group) is 1. The van der Waals surface area contributed by atoms with Crippen molar-refractivity contribution in [3.63, 3.8) is 0 Å². The maximum absolute atomic E-state index is 12.3. The highest BCUT2D eigenvalue weighted by Gasteiger charge is 2.20. The van der Waals surface area contributed by atoms with Crippen LogP contribution in [0.5, 0.6) is 5.75 Å². The van der Waals surface area contributed by atoms with Crippen LogP contribution >= 0.6 is 0 Å². The molecule has 0 spiro atoms. The third kappa shape index (κ3) is 7.97. The molecule has 0 radical (unpaired) electrons. The van der Waals surface area contributed by atoms with Gasteiger partial charge in [0.2, 0.25) is 5.91 Å². The topological polar surface area (TPSA) is 132 Å². The van der Waals surface area contributed by atoms with Crippen LogP contribution in [0.3, 0.4) is 0 Å². The van der Waals surface area contributed by atoms with Gasteiger partial charge in [-0.2, -0.15) is 5.26 Å². The first-order valence-electron chi connectivity index (χ1n) is 9.70. The highest BCUT2D eigenvalue weighted by Crippen LogP contribution is 2.19. The van der Waals surface area contributed by atoms with Gasteiger partial charge in [-0.1, -0.05) is 42.5 Å². The Balaban J connectivity index is 1.94. The average molecular weight is 421 g/mol. The van der Waals surface area contributed by atoms with Crippen LogP contribution in [0.4, 0.5) is 0 Å². The van der Waals surface area contributed by atoms with Gasteiger partial charge in [0, 0.05) is 13.4 Å². The molecule has 4 N–H and O–H groups in total. The molecule has 160 valence electrons. The molecule has 2 rings (SSSR count). The highest BCUT2D eigenvalue weighted by atomic mass is 16.5. The molecule has 0 aliphatic rings. The lowest BCUT2D eigenvalue weighted by atomic mass is 9.79. The molecule has 1 atom stereocenters. The van der Waals surface area contributed by atoms with Crippen molar-refractivity contribution >= 4 is 25.0 Å². The summed E-state index contributed by atoms with van der Waals surface area (Å²) < 4.78 is 5.62. The van der Waals surface area contributed by atoms with Crippen molar-refractivity contribution in [1.82, 2.24) is 10.6 Å². The molecule has 0 aromatic heterocycles. The Hall–Kier alpha value is -3.61. The first-order valence-corrected chi connectivity index (χ1v) is 9.70. The van der Waals surface area contributed by atoms with Gasteiger partial charge in [-0.15, -0.1) is 0 Å². The summed E-state index contributed by atoms with van der Waals surface area (Å²) in [6.45, 7) is 0.0999. The highest BCUT2D eigenvalue weighted by molar-refractivity contribution is 6.41. The molecule has 0 unspecified atom stereocenters. The molecule has 8 nitrogen and oxygen atoms in total. The zero-order valence-corrected chi connectivity index (χ0v) is 17.1. The number of nitriles is 1. The van der Waals surface area contributed by atoms with Gasteiger partial charge < -0.3 is 25.4 Å². The fourth-order valence-corrected chi connectivity index (χ4v) is 2.85. The third-order valence-electron chi connectivity index (χ3n) is 4.34. The smallest absolute Gasteiger partial charge is 0.453 e. The Morgan fingerprint density at radius 1 is 1.19 bits per heavy atom. The van der Waals surface area contributed by atoms with Gasteiger partial charge in [-0.3, -0.25) is 9.59 Å². The quantitative estimate of drug-likeness (QED) is 0.261. The van der Waals surface area contributed by atoms with E-state index in [1.807, 2.05) is 24.3 Å². The lowest BCUT2D eigenvalue weighted by Gasteiger charge is -2.19. The van der Waals surface area contributed by atoms with Crippen molar-refractivity contribution in [2.24, 2.45) is 0 Å². The van der Waals surface area contributed by atoms with Crippen molar-refractivity contribution in [1.29, 1.82) is 5.26 Å². The first-order chi connectivity index (χ1) is 14.9. The van der Waals surface area contributed by atoms with E-state index in [1.54, 1.807) is 36.4 Å². The molecule has 0 fully saturated rings. The SMILES string of the molecule is CNC(=O)C(C#N)=Cc1cccc(OCCC(=O)N[C@@H](CB(O)O)c2ccccc2)c1. The second-order valence-electron chi connectivity index (χ2n) is 6.67. The molecule has 31 heavy (non-hydrogen) atoms. The van der Waals surface area contributed by atoms with Crippen LogP contribution in [0.15, 0.2) is 60.2 Å². The van der Waals surface area contributed by atoms with E-state index in [-0.39, 0.29) is 30.8 Å². The number of nitrogens with one attached hydrogen (secondary N) is 2. The molecule has 2 aromatic rings. The Labute approximate surface area is 181 Å². The molecule has 2 amide bonds. The van der Waals surface area contributed by atoms with Gasteiger partial charge in [0.25, 0.3) is 5.91 Å². The maximum Gasteiger partial charge on any atom is 0.453 e. The zero-order valence-electron chi connectivity index (χ0n) is 17.1. The predicted octanol–water partition coefficient (Wildman–Crippen LogP) is 1.44. The minimum Gasteiger partial charge on any atom is -0.493 e. The summed E-state index contributed by atoms with van der Waals surface area (Å²) >= 11 is 0. The van der Waals surface area contributed by atoms with Crippen LogP contribution in [0.2, 0.25) is 6.32 Å². The van der Waals surface area contributed by atoms with E-state index in [4.69, 9.17) is 10.00 Å². The number of ether oxygens (including phenoxy) is 1. The summed E-state index contributed by atoms with van der Waals surface area (Å²) in [6.07, 6.45) is 1.48. The van der Waals surface area contributed by atoms with E-state index in [0.29, 0.717) is 11.3 Å². The molecule has 0 aliphatic heterocycles. The molecule has 0 bridgehead atoms. The van der Waals surface area contributed by atoms with Crippen LogP contribution in [0, 0.1) is 11.3 Å². The Bertz CT molecular complexity index is 957. The maximum atomic E-state index is 12.3. The molecular weight excluding hydrogens is 397 g/mol. The van der Waals surface area contributed by atoms with Crippen LogP contribution in [0.25, 0.3) is 6.08 Å². The summed E-state index contributed by atoms with van der Waals surface area (Å²) in [5.41, 5.74) is 1.36. The second kappa shape index (κ2) is 12.2. The fourth-order valence-electron chi connectivity index (χ4n) is 2.85. The number of rotatable bonds is 10. The van der Waals surface area contributed by atoms with E-state index in [1.165, 1.54) is 13.1 Å². The second-order valence-corrected chi connectivity index (χ2v) is 6.67. The first kappa shape index (κ1) is 23.7. The van der Waals surface area contributed by atoms with E-state index in [9.17, 15) is 19.6 Å². The molecule has 2 aromatic carbocycles.